The van der Waals surface area contributed by atoms with Gasteiger partial charge in [-0.05, 0) is 68.3 Å². The Balaban J connectivity index is 1.36. The summed E-state index contributed by atoms with van der Waals surface area (Å²) in [5.74, 6) is 2.22. The molecule has 1 fully saturated rings. The van der Waals surface area contributed by atoms with Crippen LogP contribution in [0.3, 0.4) is 0 Å². The molecule has 0 bridgehead atoms. The van der Waals surface area contributed by atoms with Gasteiger partial charge in [0.25, 0.3) is 0 Å². The molecular weight excluding hydrogens is 494 g/mol. The second-order valence-electron chi connectivity index (χ2n) is 10.4. The van der Waals surface area contributed by atoms with E-state index in [9.17, 15) is 4.79 Å². The number of rotatable bonds is 5. The van der Waals surface area contributed by atoms with E-state index in [1.165, 1.54) is 0 Å². The van der Waals surface area contributed by atoms with Gasteiger partial charge in [0.15, 0.2) is 11.5 Å². The number of anilines is 1. The van der Waals surface area contributed by atoms with Crippen molar-refractivity contribution in [1.82, 2.24) is 19.9 Å². The Labute approximate surface area is 228 Å². The number of carbonyl (C=O) groups is 1. The molecule has 4 aromatic rings. The summed E-state index contributed by atoms with van der Waals surface area (Å²) < 4.78 is 16.4. The lowest BCUT2D eigenvalue weighted by Gasteiger charge is -2.36. The molecule has 9 nitrogen and oxygen atoms in total. The second kappa shape index (κ2) is 10.8. The van der Waals surface area contributed by atoms with Crippen LogP contribution in [0, 0.1) is 0 Å². The molecule has 5 rings (SSSR count). The number of fused-ring (bicyclic) bond motifs is 1. The van der Waals surface area contributed by atoms with Gasteiger partial charge in [-0.1, -0.05) is 12.1 Å². The number of nitrogens with zero attached hydrogens (tertiary/aromatic N) is 5. The summed E-state index contributed by atoms with van der Waals surface area (Å²) in [6.07, 6.45) is 3.16. The fourth-order valence-corrected chi connectivity index (χ4v) is 4.64. The Morgan fingerprint density at radius 3 is 2.15 bits per heavy atom. The van der Waals surface area contributed by atoms with Crippen molar-refractivity contribution in [3.05, 3.63) is 61.1 Å². The topological polar surface area (TPSA) is 89.9 Å². The molecule has 9 heteroatoms. The third kappa shape index (κ3) is 5.72. The maximum absolute atomic E-state index is 12.4. The largest absolute Gasteiger partial charge is 0.493 e. The molecule has 1 saturated heterocycles. The molecule has 3 heterocycles. The van der Waals surface area contributed by atoms with Crippen molar-refractivity contribution in [3.63, 3.8) is 0 Å². The van der Waals surface area contributed by atoms with Gasteiger partial charge in [-0.3, -0.25) is 0 Å². The van der Waals surface area contributed by atoms with Crippen molar-refractivity contribution in [1.29, 1.82) is 0 Å². The summed E-state index contributed by atoms with van der Waals surface area (Å²) in [4.78, 5) is 30.1. The third-order valence-electron chi connectivity index (χ3n) is 6.63. The van der Waals surface area contributed by atoms with Gasteiger partial charge in [0.2, 0.25) is 0 Å². The second-order valence-corrected chi connectivity index (χ2v) is 10.4. The Morgan fingerprint density at radius 1 is 0.795 bits per heavy atom. The van der Waals surface area contributed by atoms with Crippen molar-refractivity contribution in [2.24, 2.45) is 0 Å². The summed E-state index contributed by atoms with van der Waals surface area (Å²) >= 11 is 0. The van der Waals surface area contributed by atoms with E-state index >= 15 is 0 Å². The van der Waals surface area contributed by atoms with Gasteiger partial charge in [0.05, 0.1) is 25.4 Å². The van der Waals surface area contributed by atoms with Crippen LogP contribution < -0.4 is 14.4 Å². The highest BCUT2D eigenvalue weighted by molar-refractivity contribution is 5.95. The number of benzene rings is 2. The minimum Gasteiger partial charge on any atom is -0.493 e. The quantitative estimate of drug-likeness (QED) is 0.339. The van der Waals surface area contributed by atoms with Crippen LogP contribution in [0.25, 0.3) is 33.3 Å². The normalized spacial score (nSPS) is 13.9. The van der Waals surface area contributed by atoms with Gasteiger partial charge in [-0.15, -0.1) is 0 Å². The van der Waals surface area contributed by atoms with E-state index in [4.69, 9.17) is 19.2 Å². The molecular formula is C30H33N5O4. The van der Waals surface area contributed by atoms with E-state index in [1.54, 1.807) is 25.4 Å². The summed E-state index contributed by atoms with van der Waals surface area (Å²) in [7, 11) is 3.26. The Morgan fingerprint density at radius 2 is 1.49 bits per heavy atom. The zero-order valence-corrected chi connectivity index (χ0v) is 23.0. The smallest absolute Gasteiger partial charge is 0.410 e. The number of ether oxygens (including phenoxy) is 3. The maximum atomic E-state index is 12.4. The molecule has 0 saturated carbocycles. The van der Waals surface area contributed by atoms with Crippen LogP contribution in [-0.2, 0) is 4.74 Å². The first kappa shape index (κ1) is 26.2. The molecule has 0 unspecified atom stereocenters. The number of hydrogen-bond donors (Lipinski definition) is 0. The van der Waals surface area contributed by atoms with Crippen molar-refractivity contribution in [2.45, 2.75) is 26.4 Å². The molecule has 0 aliphatic carbocycles. The van der Waals surface area contributed by atoms with E-state index in [-0.39, 0.29) is 6.09 Å². The van der Waals surface area contributed by atoms with E-state index in [1.807, 2.05) is 69.4 Å². The number of hydrogen-bond acceptors (Lipinski definition) is 8. The molecule has 1 aliphatic heterocycles. The first-order valence-corrected chi connectivity index (χ1v) is 12.9. The van der Waals surface area contributed by atoms with Crippen molar-refractivity contribution < 1.29 is 19.0 Å². The van der Waals surface area contributed by atoms with Crippen molar-refractivity contribution in [3.8, 4) is 33.9 Å². The number of carbonyl (C=O) groups excluding carboxylic acids is 1. The predicted molar refractivity (Wildman–Crippen MR) is 151 cm³/mol. The minimum absolute atomic E-state index is 0.270. The van der Waals surface area contributed by atoms with Gasteiger partial charge in [-0.2, -0.15) is 0 Å². The molecule has 202 valence electrons. The number of pyridine rings is 1. The lowest BCUT2D eigenvalue weighted by atomic mass is 10.0. The highest BCUT2D eigenvalue weighted by Crippen LogP contribution is 2.35. The van der Waals surface area contributed by atoms with Crippen LogP contribution in [0.2, 0.25) is 0 Å². The van der Waals surface area contributed by atoms with Crippen LogP contribution in [-0.4, -0.2) is 71.9 Å². The molecule has 2 aromatic heterocycles. The minimum atomic E-state index is -0.501. The first-order chi connectivity index (χ1) is 18.8. The Bertz CT molecular complexity index is 1480. The van der Waals surface area contributed by atoms with Crippen LogP contribution in [0.5, 0.6) is 11.5 Å². The predicted octanol–water partition coefficient (Wildman–Crippen LogP) is 5.43. The van der Waals surface area contributed by atoms with Crippen LogP contribution >= 0.6 is 0 Å². The number of amides is 1. The van der Waals surface area contributed by atoms with E-state index in [0.29, 0.717) is 37.7 Å². The molecule has 1 amide bonds. The van der Waals surface area contributed by atoms with Gasteiger partial charge in [0, 0.05) is 43.3 Å². The highest BCUT2D eigenvalue weighted by atomic mass is 16.6. The summed E-state index contributed by atoms with van der Waals surface area (Å²) in [6, 6.07) is 16.0. The standard InChI is InChI=1S/C30H33N5O4/c1-30(2,3)39-29(36)35-14-12-34(13-15-35)27-11-8-22(18-31-27)28-23-16-20(6-9-24(23)32-19-33-28)21-7-10-25(37-4)26(17-21)38-5/h6-11,16-19H,12-15H2,1-5H3. The van der Waals surface area contributed by atoms with Gasteiger partial charge < -0.3 is 24.0 Å². The first-order valence-electron chi connectivity index (χ1n) is 12.9. The van der Waals surface area contributed by atoms with Crippen molar-refractivity contribution >= 4 is 22.8 Å². The lowest BCUT2D eigenvalue weighted by molar-refractivity contribution is 0.0240. The molecule has 0 atom stereocenters. The van der Waals surface area contributed by atoms with Crippen LogP contribution in [0.4, 0.5) is 10.6 Å². The van der Waals surface area contributed by atoms with Crippen LogP contribution in [0.1, 0.15) is 20.8 Å². The Kier molecular flexibility index (Phi) is 7.24. The fraction of sp³-hybridized carbons (Fsp3) is 0.333. The summed E-state index contributed by atoms with van der Waals surface area (Å²) in [5.41, 5.74) is 4.10. The summed E-state index contributed by atoms with van der Waals surface area (Å²) in [6.45, 7) is 8.20. The summed E-state index contributed by atoms with van der Waals surface area (Å²) in [5, 5.41) is 0.935. The van der Waals surface area contributed by atoms with Gasteiger partial charge in [-0.25, -0.2) is 19.7 Å². The molecule has 0 radical (unpaired) electrons. The zero-order valence-electron chi connectivity index (χ0n) is 23.0. The maximum Gasteiger partial charge on any atom is 0.410 e. The van der Waals surface area contributed by atoms with E-state index in [2.05, 4.69) is 20.9 Å². The molecule has 1 aliphatic rings. The number of aromatic nitrogens is 3. The molecule has 0 spiro atoms. The van der Waals surface area contributed by atoms with E-state index < -0.39 is 5.60 Å². The lowest BCUT2D eigenvalue weighted by Crippen LogP contribution is -2.50. The van der Waals surface area contributed by atoms with Crippen molar-refractivity contribution in [2.75, 3.05) is 45.3 Å². The average molecular weight is 528 g/mol. The SMILES string of the molecule is COc1ccc(-c2ccc3ncnc(-c4ccc(N5CCN(C(=O)OC(C)(C)C)CC5)nc4)c3c2)cc1OC. The molecule has 2 aromatic carbocycles. The fourth-order valence-electron chi connectivity index (χ4n) is 4.64. The molecule has 39 heavy (non-hydrogen) atoms. The number of piperazine rings is 1. The number of methoxy groups -OCH3 is 2. The zero-order chi connectivity index (χ0) is 27.6. The highest BCUT2D eigenvalue weighted by Gasteiger charge is 2.26. The van der Waals surface area contributed by atoms with E-state index in [0.717, 1.165) is 39.1 Å². The third-order valence-corrected chi connectivity index (χ3v) is 6.63. The van der Waals surface area contributed by atoms with Gasteiger partial charge in [0.1, 0.15) is 17.7 Å². The molecule has 0 N–H and O–H groups in total. The Hall–Kier alpha value is -4.40. The van der Waals surface area contributed by atoms with Gasteiger partial charge >= 0.3 is 6.09 Å². The average Bonchev–Trinajstić information content (AvgIpc) is 2.95. The monoisotopic (exact) mass is 527 g/mol. The van der Waals surface area contributed by atoms with Crippen LogP contribution in [0.15, 0.2) is 61.1 Å².